The molecule has 100 valence electrons. The molecule has 1 aromatic carbocycles. The van der Waals surface area contributed by atoms with Gasteiger partial charge in [-0.1, -0.05) is 35.9 Å². The molecule has 0 spiro atoms. The molecule has 2 nitrogen and oxygen atoms in total. The van der Waals surface area contributed by atoms with Gasteiger partial charge in [-0.25, -0.2) is 0 Å². The van der Waals surface area contributed by atoms with E-state index in [1.807, 2.05) is 31.4 Å². The first-order valence-corrected chi connectivity index (χ1v) is 6.83. The van der Waals surface area contributed by atoms with Gasteiger partial charge in [-0.15, -0.1) is 0 Å². The van der Waals surface area contributed by atoms with Gasteiger partial charge in [-0.2, -0.15) is 0 Å². The van der Waals surface area contributed by atoms with Crippen LogP contribution in [0, 0.1) is 13.8 Å². The summed E-state index contributed by atoms with van der Waals surface area (Å²) in [5, 5.41) is 4.15. The molecule has 1 atom stereocenters. The maximum Gasteiger partial charge on any atom is 0.0605 e. The highest BCUT2D eigenvalue weighted by Gasteiger charge is 2.15. The van der Waals surface area contributed by atoms with Gasteiger partial charge in [0.15, 0.2) is 0 Å². The van der Waals surface area contributed by atoms with Gasteiger partial charge in [0, 0.05) is 11.2 Å². The van der Waals surface area contributed by atoms with E-state index in [-0.39, 0.29) is 6.04 Å². The molecule has 0 aliphatic carbocycles. The summed E-state index contributed by atoms with van der Waals surface area (Å²) in [6.07, 6.45) is 2.76. The molecule has 3 heteroatoms. The van der Waals surface area contributed by atoms with Gasteiger partial charge in [0.1, 0.15) is 0 Å². The van der Waals surface area contributed by atoms with Gasteiger partial charge in [-0.05, 0) is 50.1 Å². The first kappa shape index (κ1) is 14.0. The Morgan fingerprint density at radius 3 is 2.63 bits per heavy atom. The molecule has 1 unspecified atom stereocenters. The molecule has 0 saturated carbocycles. The number of aromatic nitrogens is 1. The average molecular weight is 275 g/mol. The van der Waals surface area contributed by atoms with E-state index >= 15 is 0 Å². The van der Waals surface area contributed by atoms with Crippen LogP contribution < -0.4 is 5.32 Å². The maximum atomic E-state index is 6.23. The van der Waals surface area contributed by atoms with Crippen LogP contribution in [0.25, 0.3) is 0 Å². The third-order valence-electron chi connectivity index (χ3n) is 3.32. The quantitative estimate of drug-likeness (QED) is 0.916. The van der Waals surface area contributed by atoms with Crippen molar-refractivity contribution in [3.8, 4) is 0 Å². The molecule has 0 aliphatic heterocycles. The summed E-state index contributed by atoms with van der Waals surface area (Å²) in [5.41, 5.74) is 4.64. The van der Waals surface area contributed by atoms with Crippen molar-refractivity contribution in [2.75, 3.05) is 7.05 Å². The number of nitrogens with one attached hydrogen (secondary N) is 1. The van der Waals surface area contributed by atoms with E-state index in [9.17, 15) is 0 Å². The van der Waals surface area contributed by atoms with Crippen LogP contribution in [0.1, 0.15) is 28.4 Å². The maximum absolute atomic E-state index is 6.23. The summed E-state index contributed by atoms with van der Waals surface area (Å²) in [5.74, 6) is 0. The second kappa shape index (κ2) is 6.18. The zero-order valence-electron chi connectivity index (χ0n) is 11.6. The molecule has 1 N–H and O–H groups in total. The van der Waals surface area contributed by atoms with Crippen LogP contribution in [0.4, 0.5) is 0 Å². The molecule has 2 aromatic rings. The second-order valence-electron chi connectivity index (χ2n) is 4.85. The van der Waals surface area contributed by atoms with E-state index in [0.29, 0.717) is 0 Å². The van der Waals surface area contributed by atoms with Crippen LogP contribution in [0.2, 0.25) is 5.02 Å². The van der Waals surface area contributed by atoms with Crippen molar-refractivity contribution in [1.29, 1.82) is 0 Å². The molecule has 2 rings (SSSR count). The summed E-state index contributed by atoms with van der Waals surface area (Å²) in [6.45, 7) is 4.17. The van der Waals surface area contributed by atoms with E-state index in [1.165, 1.54) is 11.1 Å². The molecule has 0 fully saturated rings. The Morgan fingerprint density at radius 2 is 2.00 bits per heavy atom. The van der Waals surface area contributed by atoms with E-state index in [4.69, 9.17) is 11.6 Å². The zero-order chi connectivity index (χ0) is 13.8. The van der Waals surface area contributed by atoms with Crippen LogP contribution in [0.15, 0.2) is 36.5 Å². The Morgan fingerprint density at radius 1 is 1.26 bits per heavy atom. The fourth-order valence-corrected chi connectivity index (χ4v) is 2.52. The molecule has 1 heterocycles. The molecule has 0 amide bonds. The first-order valence-electron chi connectivity index (χ1n) is 6.45. The van der Waals surface area contributed by atoms with Crippen molar-refractivity contribution >= 4 is 11.6 Å². The summed E-state index contributed by atoms with van der Waals surface area (Å²) in [4.78, 5) is 4.57. The SMILES string of the molecule is CNC(Cc1ccccc1Cl)c1ncc(C)cc1C. The van der Waals surface area contributed by atoms with Gasteiger partial charge in [0.2, 0.25) is 0 Å². The Hall–Kier alpha value is -1.38. The van der Waals surface area contributed by atoms with Crippen molar-refractivity contribution in [2.45, 2.75) is 26.3 Å². The molecule has 0 aliphatic rings. The third-order valence-corrected chi connectivity index (χ3v) is 3.68. The first-order chi connectivity index (χ1) is 9.11. The molecule has 0 saturated heterocycles. The molecule has 19 heavy (non-hydrogen) atoms. The van der Waals surface area contributed by atoms with Crippen molar-refractivity contribution in [3.05, 3.63) is 63.9 Å². The standard InChI is InChI=1S/C16H19ClN2/c1-11-8-12(2)16(19-10-11)15(18-3)9-13-6-4-5-7-14(13)17/h4-8,10,15,18H,9H2,1-3H3. The van der Waals surface area contributed by atoms with Crippen LogP contribution in [0.5, 0.6) is 0 Å². The Bertz CT molecular complexity index is 566. The van der Waals surface area contributed by atoms with Gasteiger partial charge in [0.25, 0.3) is 0 Å². The lowest BCUT2D eigenvalue weighted by Crippen LogP contribution is -2.21. The monoisotopic (exact) mass is 274 g/mol. The number of aryl methyl sites for hydroxylation is 2. The predicted octanol–water partition coefficient (Wildman–Crippen LogP) is 3.86. The number of benzene rings is 1. The minimum atomic E-state index is 0.181. The topological polar surface area (TPSA) is 24.9 Å². The number of pyridine rings is 1. The lowest BCUT2D eigenvalue weighted by atomic mass is 9.99. The number of likely N-dealkylation sites (N-methyl/N-ethyl adjacent to an activating group) is 1. The van der Waals surface area contributed by atoms with E-state index in [1.54, 1.807) is 0 Å². The van der Waals surface area contributed by atoms with E-state index < -0.39 is 0 Å². The summed E-state index contributed by atoms with van der Waals surface area (Å²) >= 11 is 6.23. The largest absolute Gasteiger partial charge is 0.311 e. The smallest absolute Gasteiger partial charge is 0.0605 e. The van der Waals surface area contributed by atoms with Crippen LogP contribution in [-0.4, -0.2) is 12.0 Å². The number of halogens is 1. The van der Waals surface area contributed by atoms with Gasteiger partial charge < -0.3 is 5.32 Å². The number of rotatable bonds is 4. The number of hydrogen-bond acceptors (Lipinski definition) is 2. The van der Waals surface area contributed by atoms with Crippen LogP contribution in [-0.2, 0) is 6.42 Å². The van der Waals surface area contributed by atoms with Crippen LogP contribution >= 0.6 is 11.6 Å². The molecular formula is C16H19ClN2. The number of hydrogen-bond donors (Lipinski definition) is 1. The molecular weight excluding hydrogens is 256 g/mol. The molecule has 1 aromatic heterocycles. The van der Waals surface area contributed by atoms with Crippen molar-refractivity contribution in [1.82, 2.24) is 10.3 Å². The Balaban J connectivity index is 2.28. The lowest BCUT2D eigenvalue weighted by Gasteiger charge is -2.18. The highest BCUT2D eigenvalue weighted by Crippen LogP contribution is 2.24. The molecule has 0 radical (unpaired) electrons. The lowest BCUT2D eigenvalue weighted by molar-refractivity contribution is 0.572. The summed E-state index contributed by atoms with van der Waals surface area (Å²) in [7, 11) is 1.96. The Labute approximate surface area is 119 Å². The predicted molar refractivity (Wildman–Crippen MR) is 80.7 cm³/mol. The second-order valence-corrected chi connectivity index (χ2v) is 5.26. The highest BCUT2D eigenvalue weighted by molar-refractivity contribution is 6.31. The fourth-order valence-electron chi connectivity index (χ4n) is 2.31. The molecule has 0 bridgehead atoms. The van der Waals surface area contributed by atoms with Gasteiger partial charge >= 0.3 is 0 Å². The minimum absolute atomic E-state index is 0.181. The van der Waals surface area contributed by atoms with Crippen LogP contribution in [0.3, 0.4) is 0 Å². The van der Waals surface area contributed by atoms with Gasteiger partial charge in [-0.3, -0.25) is 4.98 Å². The Kier molecular flexibility index (Phi) is 4.56. The normalized spacial score (nSPS) is 12.4. The fraction of sp³-hybridized carbons (Fsp3) is 0.312. The van der Waals surface area contributed by atoms with Gasteiger partial charge in [0.05, 0.1) is 11.7 Å². The number of nitrogens with zero attached hydrogens (tertiary/aromatic N) is 1. The zero-order valence-corrected chi connectivity index (χ0v) is 12.3. The summed E-state index contributed by atoms with van der Waals surface area (Å²) in [6, 6.07) is 10.3. The average Bonchev–Trinajstić information content (AvgIpc) is 2.39. The highest BCUT2D eigenvalue weighted by atomic mass is 35.5. The minimum Gasteiger partial charge on any atom is -0.311 e. The summed E-state index contributed by atoms with van der Waals surface area (Å²) < 4.78 is 0. The van der Waals surface area contributed by atoms with Crippen molar-refractivity contribution in [3.63, 3.8) is 0 Å². The van der Waals surface area contributed by atoms with E-state index in [0.717, 1.165) is 22.7 Å². The van der Waals surface area contributed by atoms with Crippen molar-refractivity contribution in [2.24, 2.45) is 0 Å². The van der Waals surface area contributed by atoms with Crippen molar-refractivity contribution < 1.29 is 0 Å². The third kappa shape index (κ3) is 3.34. The van der Waals surface area contributed by atoms with E-state index in [2.05, 4.69) is 36.3 Å².